The summed E-state index contributed by atoms with van der Waals surface area (Å²) in [6, 6.07) is 3.32. The monoisotopic (exact) mass is 375 g/mol. The van der Waals surface area contributed by atoms with Crippen molar-refractivity contribution in [1.82, 2.24) is 15.8 Å². The number of aromatic nitrogens is 1. The van der Waals surface area contributed by atoms with Crippen molar-refractivity contribution in [2.24, 2.45) is 5.92 Å². The van der Waals surface area contributed by atoms with E-state index in [1.807, 2.05) is 6.07 Å². The third-order valence-electron chi connectivity index (χ3n) is 4.49. The zero-order valence-corrected chi connectivity index (χ0v) is 16.0. The number of hydroxylamine groups is 1. The van der Waals surface area contributed by atoms with Gasteiger partial charge in [-0.25, -0.2) is 5.48 Å². The van der Waals surface area contributed by atoms with Crippen LogP contribution in [0.15, 0.2) is 24.4 Å². The van der Waals surface area contributed by atoms with Gasteiger partial charge in [0.05, 0.1) is 5.69 Å². The van der Waals surface area contributed by atoms with Crippen LogP contribution >= 0.6 is 0 Å². The van der Waals surface area contributed by atoms with Crippen LogP contribution in [0.5, 0.6) is 0 Å². The Labute approximate surface area is 160 Å². The average molecular weight is 375 g/mol. The van der Waals surface area contributed by atoms with Gasteiger partial charge in [-0.05, 0) is 55.7 Å². The smallest absolute Gasteiger partial charge is 0.323 e. The number of esters is 1. The Balaban J connectivity index is 1.90. The summed E-state index contributed by atoms with van der Waals surface area (Å²) in [4.78, 5) is 27.7. The van der Waals surface area contributed by atoms with Crippen LogP contribution in [0.2, 0.25) is 0 Å². The molecule has 1 heterocycles. The van der Waals surface area contributed by atoms with Crippen LogP contribution in [0.1, 0.15) is 57.2 Å². The minimum Gasteiger partial charge on any atom is -0.461 e. The van der Waals surface area contributed by atoms with Crippen molar-refractivity contribution in [1.29, 1.82) is 0 Å². The lowest BCUT2D eigenvalue weighted by Gasteiger charge is -2.21. The largest absolute Gasteiger partial charge is 0.461 e. The Kier molecular flexibility index (Phi) is 8.42. The fourth-order valence-electron chi connectivity index (χ4n) is 3.07. The van der Waals surface area contributed by atoms with E-state index < -0.39 is 5.91 Å². The number of hydrogen-bond acceptors (Lipinski definition) is 6. The second-order valence-electron chi connectivity index (χ2n) is 7.31. The van der Waals surface area contributed by atoms with Crippen molar-refractivity contribution in [3.63, 3.8) is 0 Å². The number of amides is 1. The second-order valence-corrected chi connectivity index (χ2v) is 7.31. The molecule has 0 unspecified atom stereocenters. The third kappa shape index (κ3) is 7.48. The van der Waals surface area contributed by atoms with E-state index in [4.69, 9.17) is 9.94 Å². The molecule has 1 atom stereocenters. The molecular weight excluding hydrogens is 346 g/mol. The highest BCUT2D eigenvalue weighted by Crippen LogP contribution is 2.22. The fraction of sp³-hybridized carbons (Fsp3) is 0.550. The quantitative estimate of drug-likeness (QED) is 0.265. The maximum atomic E-state index is 12.5. The molecule has 1 aliphatic carbocycles. The van der Waals surface area contributed by atoms with Crippen LogP contribution in [0, 0.1) is 5.92 Å². The number of carbonyl (C=O) groups is 2. The molecule has 1 aliphatic rings. The minimum absolute atomic E-state index is 0.0674. The molecule has 0 aliphatic heterocycles. The van der Waals surface area contributed by atoms with E-state index >= 15 is 0 Å². The molecule has 0 bridgehead atoms. The molecule has 1 aromatic heterocycles. The average Bonchev–Trinajstić information content (AvgIpc) is 3.16. The van der Waals surface area contributed by atoms with Gasteiger partial charge in [0.1, 0.15) is 12.1 Å². The van der Waals surface area contributed by atoms with E-state index in [1.54, 1.807) is 12.3 Å². The highest BCUT2D eigenvalue weighted by Gasteiger charge is 2.25. The maximum Gasteiger partial charge on any atom is 0.323 e. The molecule has 1 amide bonds. The molecular formula is C20H29N3O4. The van der Waals surface area contributed by atoms with Crippen LogP contribution in [0.25, 0.3) is 6.08 Å². The highest BCUT2D eigenvalue weighted by molar-refractivity contribution is 5.90. The van der Waals surface area contributed by atoms with Gasteiger partial charge in [0, 0.05) is 18.8 Å². The molecule has 148 valence electrons. The number of nitrogens with zero attached hydrogens (tertiary/aromatic N) is 1. The molecule has 0 aromatic carbocycles. The Morgan fingerprint density at radius 2 is 2.07 bits per heavy atom. The van der Waals surface area contributed by atoms with Crippen molar-refractivity contribution in [2.45, 2.75) is 64.6 Å². The molecule has 2 rings (SSSR count). The van der Waals surface area contributed by atoms with E-state index in [0.29, 0.717) is 18.2 Å². The van der Waals surface area contributed by atoms with Gasteiger partial charge in [0.25, 0.3) is 5.91 Å². The lowest BCUT2D eigenvalue weighted by atomic mass is 10.0. The van der Waals surface area contributed by atoms with Crippen LogP contribution in [-0.4, -0.2) is 34.2 Å². The Hall–Kier alpha value is -2.25. The lowest BCUT2D eigenvalue weighted by molar-refractivity contribution is -0.151. The number of pyridine rings is 1. The summed E-state index contributed by atoms with van der Waals surface area (Å²) in [7, 11) is 0. The van der Waals surface area contributed by atoms with Gasteiger partial charge in [-0.2, -0.15) is 0 Å². The van der Waals surface area contributed by atoms with Gasteiger partial charge in [0.15, 0.2) is 0 Å². The van der Waals surface area contributed by atoms with Crippen molar-refractivity contribution in [3.05, 3.63) is 35.7 Å². The summed E-state index contributed by atoms with van der Waals surface area (Å²) in [6.07, 6.45) is 9.37. The highest BCUT2D eigenvalue weighted by atomic mass is 16.5. The summed E-state index contributed by atoms with van der Waals surface area (Å²) < 4.78 is 5.66. The van der Waals surface area contributed by atoms with Crippen molar-refractivity contribution in [2.75, 3.05) is 0 Å². The topological polar surface area (TPSA) is 101 Å². The van der Waals surface area contributed by atoms with E-state index in [1.165, 1.54) is 17.6 Å². The maximum absolute atomic E-state index is 12.5. The molecule has 3 N–H and O–H groups in total. The van der Waals surface area contributed by atoms with Crippen LogP contribution in [-0.2, 0) is 20.9 Å². The number of rotatable bonds is 9. The molecule has 1 fully saturated rings. The van der Waals surface area contributed by atoms with Crippen LogP contribution in [0.4, 0.5) is 0 Å². The number of hydrogen-bond donors (Lipinski definition) is 3. The molecule has 0 spiro atoms. The summed E-state index contributed by atoms with van der Waals surface area (Å²) in [5.74, 6) is -0.403. The number of ether oxygens (including phenoxy) is 1. The fourth-order valence-corrected chi connectivity index (χ4v) is 3.07. The number of carbonyl (C=O) groups excluding carboxylic acids is 2. The molecule has 27 heavy (non-hydrogen) atoms. The summed E-state index contributed by atoms with van der Waals surface area (Å²) in [5.41, 5.74) is 3.05. The molecule has 1 aromatic rings. The molecule has 7 nitrogen and oxygen atoms in total. The van der Waals surface area contributed by atoms with Gasteiger partial charge < -0.3 is 10.1 Å². The lowest BCUT2D eigenvalue weighted by Crippen LogP contribution is -2.40. The predicted molar refractivity (Wildman–Crippen MR) is 102 cm³/mol. The van der Waals surface area contributed by atoms with E-state index in [0.717, 1.165) is 37.7 Å². The minimum atomic E-state index is -0.611. The van der Waals surface area contributed by atoms with Gasteiger partial charge in [-0.15, -0.1) is 0 Å². The SMILES string of the molecule is CC(C)C[C@H](NCc1ccc(C=CC(=O)NO)nc1)C(=O)OC1CCCC1. The van der Waals surface area contributed by atoms with E-state index in [9.17, 15) is 9.59 Å². The van der Waals surface area contributed by atoms with Gasteiger partial charge in [0.2, 0.25) is 0 Å². The molecule has 7 heteroatoms. The van der Waals surface area contributed by atoms with Crippen molar-refractivity contribution in [3.8, 4) is 0 Å². The first-order valence-corrected chi connectivity index (χ1v) is 9.49. The predicted octanol–water partition coefficient (Wildman–Crippen LogP) is 2.59. The molecule has 0 radical (unpaired) electrons. The third-order valence-corrected chi connectivity index (χ3v) is 4.49. The van der Waals surface area contributed by atoms with Crippen LogP contribution < -0.4 is 10.8 Å². The standard InChI is InChI=1S/C20H29N3O4/c1-14(2)11-18(20(25)27-17-5-3-4-6-17)22-13-15-7-8-16(21-12-15)9-10-19(24)23-26/h7-10,12,14,17-18,22,26H,3-6,11,13H2,1-2H3,(H,23,24)/t18-/m0/s1. The van der Waals surface area contributed by atoms with E-state index in [2.05, 4.69) is 24.1 Å². The van der Waals surface area contributed by atoms with Gasteiger partial charge in [-0.1, -0.05) is 19.9 Å². The normalized spacial score (nSPS) is 16.0. The first-order valence-electron chi connectivity index (χ1n) is 9.49. The number of nitrogens with one attached hydrogen (secondary N) is 2. The summed E-state index contributed by atoms with van der Waals surface area (Å²) in [6.45, 7) is 4.68. The van der Waals surface area contributed by atoms with Crippen molar-refractivity contribution >= 4 is 18.0 Å². The Morgan fingerprint density at radius 1 is 1.33 bits per heavy atom. The Morgan fingerprint density at radius 3 is 2.67 bits per heavy atom. The zero-order chi connectivity index (χ0) is 19.6. The first kappa shape index (κ1) is 21.1. The first-order chi connectivity index (χ1) is 13.0. The Bertz CT molecular complexity index is 637. The zero-order valence-electron chi connectivity index (χ0n) is 16.0. The van der Waals surface area contributed by atoms with Crippen molar-refractivity contribution < 1.29 is 19.5 Å². The van der Waals surface area contributed by atoms with E-state index in [-0.39, 0.29) is 18.1 Å². The van der Waals surface area contributed by atoms with Gasteiger partial charge in [-0.3, -0.25) is 19.8 Å². The summed E-state index contributed by atoms with van der Waals surface area (Å²) >= 11 is 0. The summed E-state index contributed by atoms with van der Waals surface area (Å²) in [5, 5.41) is 11.7. The van der Waals surface area contributed by atoms with Gasteiger partial charge >= 0.3 is 5.97 Å². The van der Waals surface area contributed by atoms with Crippen LogP contribution in [0.3, 0.4) is 0 Å². The molecule has 0 saturated heterocycles. The molecule has 1 saturated carbocycles. The second kappa shape index (κ2) is 10.8.